The first kappa shape index (κ1) is 17.6. The Kier molecular flexibility index (Phi) is 10.4. The van der Waals surface area contributed by atoms with E-state index in [1.54, 1.807) is 0 Å². The SMILES string of the molecule is CC.CC(C)(C)C.CCc1ccc(C)cc1. The molecule has 0 saturated heterocycles. The molecule has 0 bridgehead atoms. The molecule has 1 rings (SSSR count). The van der Waals surface area contributed by atoms with Gasteiger partial charge in [0.2, 0.25) is 0 Å². The maximum Gasteiger partial charge on any atom is -0.0307 e. The van der Waals surface area contributed by atoms with Gasteiger partial charge in [-0.25, -0.2) is 0 Å². The Morgan fingerprint density at radius 1 is 0.875 bits per heavy atom. The fourth-order valence-corrected chi connectivity index (χ4v) is 0.824. The van der Waals surface area contributed by atoms with E-state index in [2.05, 4.69) is 65.8 Å². The molecule has 0 atom stereocenters. The molecular formula is C16H30. The molecule has 0 N–H and O–H groups in total. The van der Waals surface area contributed by atoms with Crippen molar-refractivity contribution in [2.24, 2.45) is 5.41 Å². The van der Waals surface area contributed by atoms with Gasteiger partial charge in [-0.1, -0.05) is 78.3 Å². The maximum atomic E-state index is 2.19. The molecule has 0 heterocycles. The van der Waals surface area contributed by atoms with Crippen LogP contribution in [0.2, 0.25) is 0 Å². The van der Waals surface area contributed by atoms with Gasteiger partial charge in [-0.05, 0) is 24.3 Å². The number of benzene rings is 1. The van der Waals surface area contributed by atoms with Gasteiger partial charge in [0.05, 0.1) is 0 Å². The summed E-state index contributed by atoms with van der Waals surface area (Å²) in [6.45, 7) is 17.0. The van der Waals surface area contributed by atoms with Crippen LogP contribution in [0.25, 0.3) is 0 Å². The molecule has 0 nitrogen and oxygen atoms in total. The Morgan fingerprint density at radius 3 is 1.44 bits per heavy atom. The van der Waals surface area contributed by atoms with Gasteiger partial charge >= 0.3 is 0 Å². The monoisotopic (exact) mass is 222 g/mol. The summed E-state index contributed by atoms with van der Waals surface area (Å²) >= 11 is 0. The second kappa shape index (κ2) is 9.45. The Hall–Kier alpha value is -0.780. The average molecular weight is 222 g/mol. The van der Waals surface area contributed by atoms with Crippen LogP contribution in [-0.2, 0) is 6.42 Å². The first-order chi connectivity index (χ1) is 7.33. The van der Waals surface area contributed by atoms with Gasteiger partial charge in [0.25, 0.3) is 0 Å². The van der Waals surface area contributed by atoms with Crippen molar-refractivity contribution in [1.29, 1.82) is 0 Å². The van der Waals surface area contributed by atoms with Crippen molar-refractivity contribution < 1.29 is 0 Å². The van der Waals surface area contributed by atoms with E-state index in [0.717, 1.165) is 6.42 Å². The van der Waals surface area contributed by atoms with Crippen LogP contribution in [0, 0.1) is 12.3 Å². The van der Waals surface area contributed by atoms with E-state index in [1.165, 1.54) is 11.1 Å². The number of aryl methyl sites for hydroxylation is 2. The summed E-state index contributed by atoms with van der Waals surface area (Å²) < 4.78 is 0. The first-order valence-electron chi connectivity index (χ1n) is 6.38. The molecule has 0 amide bonds. The van der Waals surface area contributed by atoms with Gasteiger partial charge in [0, 0.05) is 0 Å². The molecule has 94 valence electrons. The van der Waals surface area contributed by atoms with Crippen molar-refractivity contribution in [3.05, 3.63) is 35.4 Å². The van der Waals surface area contributed by atoms with E-state index in [4.69, 9.17) is 0 Å². The van der Waals surface area contributed by atoms with Crippen molar-refractivity contribution in [3.8, 4) is 0 Å². The molecule has 0 unspecified atom stereocenters. The number of hydrogen-bond acceptors (Lipinski definition) is 0. The van der Waals surface area contributed by atoms with Crippen LogP contribution in [-0.4, -0.2) is 0 Å². The molecule has 0 saturated carbocycles. The topological polar surface area (TPSA) is 0 Å². The standard InChI is InChI=1S/C9H12.C5H12.C2H6/c1-3-9-6-4-8(2)5-7-9;1-5(2,3)4;1-2/h4-7H,3H2,1-2H3;1-4H3;1-2H3. The minimum Gasteiger partial charge on any atom is -0.0683 e. The molecule has 0 spiro atoms. The van der Waals surface area contributed by atoms with Crippen LogP contribution in [0.5, 0.6) is 0 Å². The van der Waals surface area contributed by atoms with E-state index >= 15 is 0 Å². The molecular weight excluding hydrogens is 192 g/mol. The lowest BCUT2D eigenvalue weighted by atomic mass is 10.0. The summed E-state index contributed by atoms with van der Waals surface area (Å²) in [7, 11) is 0. The van der Waals surface area contributed by atoms with E-state index < -0.39 is 0 Å². The van der Waals surface area contributed by atoms with Gasteiger partial charge in [-0.15, -0.1) is 0 Å². The Morgan fingerprint density at radius 2 is 1.19 bits per heavy atom. The first-order valence-corrected chi connectivity index (χ1v) is 6.38. The fraction of sp³-hybridized carbons (Fsp3) is 0.625. The fourth-order valence-electron chi connectivity index (χ4n) is 0.824. The molecule has 0 aliphatic heterocycles. The zero-order chi connectivity index (χ0) is 13.2. The normalized spacial score (nSPS) is 9.50. The van der Waals surface area contributed by atoms with Crippen LogP contribution in [0.15, 0.2) is 24.3 Å². The van der Waals surface area contributed by atoms with Crippen molar-refractivity contribution in [1.82, 2.24) is 0 Å². The summed E-state index contributed by atoms with van der Waals surface area (Å²) in [6, 6.07) is 8.66. The molecule has 0 aliphatic carbocycles. The quantitative estimate of drug-likeness (QED) is 0.577. The van der Waals surface area contributed by atoms with Gasteiger partial charge in [-0.3, -0.25) is 0 Å². The van der Waals surface area contributed by atoms with E-state index in [1.807, 2.05) is 13.8 Å². The predicted octanol–water partition coefficient (Wildman–Crippen LogP) is 5.64. The predicted molar refractivity (Wildman–Crippen MR) is 77.0 cm³/mol. The molecule has 0 aromatic heterocycles. The highest BCUT2D eigenvalue weighted by atomic mass is 14.0. The summed E-state index contributed by atoms with van der Waals surface area (Å²) in [5.41, 5.74) is 3.26. The Balaban J connectivity index is 0. The summed E-state index contributed by atoms with van der Waals surface area (Å²) in [4.78, 5) is 0. The largest absolute Gasteiger partial charge is 0.0683 e. The molecule has 0 aliphatic rings. The summed E-state index contributed by atoms with van der Waals surface area (Å²) in [5, 5.41) is 0. The van der Waals surface area contributed by atoms with Crippen LogP contribution >= 0.6 is 0 Å². The number of hydrogen-bond donors (Lipinski definition) is 0. The molecule has 0 heteroatoms. The van der Waals surface area contributed by atoms with E-state index in [-0.39, 0.29) is 0 Å². The van der Waals surface area contributed by atoms with E-state index in [9.17, 15) is 0 Å². The summed E-state index contributed by atoms with van der Waals surface area (Å²) in [6.07, 6.45) is 1.14. The zero-order valence-electron chi connectivity index (χ0n) is 12.5. The Bertz CT molecular complexity index is 230. The lowest BCUT2D eigenvalue weighted by Gasteiger charge is -2.05. The lowest BCUT2D eigenvalue weighted by Crippen LogP contribution is -1.93. The summed E-state index contributed by atoms with van der Waals surface area (Å²) in [5.74, 6) is 0. The smallest absolute Gasteiger partial charge is 0.0307 e. The third kappa shape index (κ3) is 15.7. The molecule has 0 radical (unpaired) electrons. The van der Waals surface area contributed by atoms with Crippen LogP contribution in [0.1, 0.15) is 59.6 Å². The second-order valence-electron chi connectivity index (χ2n) is 5.34. The van der Waals surface area contributed by atoms with Crippen LogP contribution < -0.4 is 0 Å². The third-order valence-corrected chi connectivity index (χ3v) is 1.53. The third-order valence-electron chi connectivity index (χ3n) is 1.53. The van der Waals surface area contributed by atoms with E-state index in [0.29, 0.717) is 5.41 Å². The van der Waals surface area contributed by atoms with Crippen molar-refractivity contribution in [3.63, 3.8) is 0 Å². The van der Waals surface area contributed by atoms with Crippen molar-refractivity contribution in [2.75, 3.05) is 0 Å². The highest BCUT2D eigenvalue weighted by Gasteiger charge is 1.95. The van der Waals surface area contributed by atoms with Crippen molar-refractivity contribution in [2.45, 2.75) is 61.8 Å². The highest BCUT2D eigenvalue weighted by Crippen LogP contribution is 2.08. The van der Waals surface area contributed by atoms with Crippen molar-refractivity contribution >= 4 is 0 Å². The average Bonchev–Trinajstić information content (AvgIpc) is 2.20. The van der Waals surface area contributed by atoms with Crippen LogP contribution in [0.3, 0.4) is 0 Å². The molecule has 0 fully saturated rings. The van der Waals surface area contributed by atoms with Gasteiger partial charge < -0.3 is 0 Å². The zero-order valence-corrected chi connectivity index (χ0v) is 12.5. The minimum absolute atomic E-state index is 0.500. The number of rotatable bonds is 1. The molecule has 16 heavy (non-hydrogen) atoms. The lowest BCUT2D eigenvalue weighted by molar-refractivity contribution is 0.469. The van der Waals surface area contributed by atoms with Gasteiger partial charge in [0.15, 0.2) is 0 Å². The highest BCUT2D eigenvalue weighted by molar-refractivity contribution is 5.20. The molecule has 1 aromatic carbocycles. The minimum atomic E-state index is 0.500. The molecule has 1 aromatic rings. The van der Waals surface area contributed by atoms with Crippen LogP contribution in [0.4, 0.5) is 0 Å². The van der Waals surface area contributed by atoms with Gasteiger partial charge in [-0.2, -0.15) is 0 Å². The maximum absolute atomic E-state index is 2.19. The second-order valence-corrected chi connectivity index (χ2v) is 5.34. The Labute approximate surface area is 103 Å². The van der Waals surface area contributed by atoms with Gasteiger partial charge in [0.1, 0.15) is 0 Å².